The van der Waals surface area contributed by atoms with Crippen molar-refractivity contribution in [2.24, 2.45) is 5.10 Å². The molecule has 2 heterocycles. The van der Waals surface area contributed by atoms with Crippen LogP contribution in [0.15, 0.2) is 33.8 Å². The molecule has 0 spiro atoms. The van der Waals surface area contributed by atoms with E-state index in [9.17, 15) is 14.9 Å². The van der Waals surface area contributed by atoms with E-state index < -0.39 is 5.91 Å². The predicted octanol–water partition coefficient (Wildman–Crippen LogP) is 3.17. The zero-order chi connectivity index (χ0) is 18.7. The van der Waals surface area contributed by atoms with Crippen molar-refractivity contribution in [2.45, 2.75) is 26.7 Å². The first-order valence-corrected chi connectivity index (χ1v) is 8.39. The largest absolute Gasteiger partial charge is 0.466 e. The van der Waals surface area contributed by atoms with Crippen LogP contribution < -0.4 is 10.3 Å². The third kappa shape index (κ3) is 3.74. The molecule has 0 unspecified atom stereocenters. The van der Waals surface area contributed by atoms with E-state index in [2.05, 4.69) is 10.5 Å². The fourth-order valence-corrected chi connectivity index (χ4v) is 3.07. The number of aryl methyl sites for hydroxylation is 2. The second kappa shape index (κ2) is 7.38. The van der Waals surface area contributed by atoms with Gasteiger partial charge in [0.25, 0.3) is 11.6 Å². The van der Waals surface area contributed by atoms with Gasteiger partial charge < -0.3 is 9.32 Å². The van der Waals surface area contributed by atoms with Crippen molar-refractivity contribution in [1.29, 1.82) is 0 Å². The van der Waals surface area contributed by atoms with Gasteiger partial charge in [0, 0.05) is 24.7 Å². The highest BCUT2D eigenvalue weighted by Gasteiger charge is 2.22. The molecule has 0 radical (unpaired) electrons. The van der Waals surface area contributed by atoms with Crippen molar-refractivity contribution in [3.8, 4) is 0 Å². The Kier molecular flexibility index (Phi) is 5.01. The first-order chi connectivity index (χ1) is 12.5. The fraction of sp³-hybridized carbons (Fsp3) is 0.333. The van der Waals surface area contributed by atoms with Gasteiger partial charge in [-0.2, -0.15) is 5.10 Å². The summed E-state index contributed by atoms with van der Waals surface area (Å²) in [7, 11) is 0. The number of hydrogen-bond acceptors (Lipinski definition) is 6. The molecular formula is C18H20N4O4. The number of rotatable bonds is 5. The van der Waals surface area contributed by atoms with Crippen LogP contribution in [0.4, 0.5) is 11.4 Å². The molecule has 1 aliphatic heterocycles. The summed E-state index contributed by atoms with van der Waals surface area (Å²) in [6.07, 6.45) is 3.47. The zero-order valence-electron chi connectivity index (χ0n) is 14.7. The number of amides is 1. The summed E-state index contributed by atoms with van der Waals surface area (Å²) in [5, 5.41) is 15.3. The van der Waals surface area contributed by atoms with Crippen LogP contribution in [0.2, 0.25) is 0 Å². The van der Waals surface area contributed by atoms with Gasteiger partial charge in [-0.05, 0) is 38.8 Å². The predicted molar refractivity (Wildman–Crippen MR) is 97.8 cm³/mol. The summed E-state index contributed by atoms with van der Waals surface area (Å²) in [6.45, 7) is 5.11. The van der Waals surface area contributed by atoms with E-state index in [1.165, 1.54) is 12.3 Å². The summed E-state index contributed by atoms with van der Waals surface area (Å²) in [6, 6.07) is 6.59. The molecule has 0 atom stereocenters. The number of nitrogens with zero attached hydrogens (tertiary/aromatic N) is 3. The molecule has 136 valence electrons. The first-order valence-electron chi connectivity index (χ1n) is 8.39. The average molecular weight is 356 g/mol. The van der Waals surface area contributed by atoms with E-state index in [4.69, 9.17) is 4.42 Å². The van der Waals surface area contributed by atoms with E-state index in [1.54, 1.807) is 32.0 Å². The Labute approximate surface area is 150 Å². The Morgan fingerprint density at radius 3 is 2.65 bits per heavy atom. The lowest BCUT2D eigenvalue weighted by molar-refractivity contribution is -0.384. The molecule has 0 aliphatic carbocycles. The van der Waals surface area contributed by atoms with Gasteiger partial charge >= 0.3 is 0 Å². The maximum absolute atomic E-state index is 12.1. The minimum Gasteiger partial charge on any atom is -0.466 e. The lowest BCUT2D eigenvalue weighted by Crippen LogP contribution is -2.19. The smallest absolute Gasteiger partial charge is 0.293 e. The number of furan rings is 1. The van der Waals surface area contributed by atoms with Crippen LogP contribution in [0, 0.1) is 24.0 Å². The van der Waals surface area contributed by atoms with Crippen LogP contribution in [0.5, 0.6) is 0 Å². The second-order valence-corrected chi connectivity index (χ2v) is 6.23. The summed E-state index contributed by atoms with van der Waals surface area (Å²) < 4.78 is 5.31. The average Bonchev–Trinajstić information content (AvgIpc) is 3.24. The highest BCUT2D eigenvalue weighted by Crippen LogP contribution is 2.31. The summed E-state index contributed by atoms with van der Waals surface area (Å²) in [4.78, 5) is 25.1. The summed E-state index contributed by atoms with van der Waals surface area (Å²) in [5.74, 6) is 0.768. The topological polar surface area (TPSA) is 101 Å². The van der Waals surface area contributed by atoms with Crippen LogP contribution in [0.25, 0.3) is 0 Å². The van der Waals surface area contributed by atoms with Crippen molar-refractivity contribution >= 4 is 23.5 Å². The van der Waals surface area contributed by atoms with Gasteiger partial charge in [0.05, 0.1) is 16.7 Å². The molecule has 1 aliphatic rings. The summed E-state index contributed by atoms with van der Waals surface area (Å²) in [5.41, 5.74) is 4.03. The van der Waals surface area contributed by atoms with Crippen molar-refractivity contribution in [3.05, 3.63) is 57.0 Å². The number of nitro groups is 1. The minimum atomic E-state index is -0.390. The van der Waals surface area contributed by atoms with Crippen LogP contribution in [-0.4, -0.2) is 30.1 Å². The Bertz CT molecular complexity index is 866. The van der Waals surface area contributed by atoms with E-state index in [0.717, 1.165) is 25.9 Å². The second-order valence-electron chi connectivity index (χ2n) is 6.23. The molecule has 3 rings (SSSR count). The molecule has 1 fully saturated rings. The molecule has 1 aromatic carbocycles. The number of anilines is 1. The molecule has 8 nitrogen and oxygen atoms in total. The number of nitrogens with one attached hydrogen (secondary N) is 1. The Hall–Kier alpha value is -3.16. The molecule has 1 aromatic heterocycles. The van der Waals surface area contributed by atoms with Crippen molar-refractivity contribution in [1.82, 2.24) is 5.43 Å². The maximum atomic E-state index is 12.1. The van der Waals surface area contributed by atoms with Gasteiger partial charge in [0.1, 0.15) is 17.2 Å². The Balaban J connectivity index is 1.74. The Morgan fingerprint density at radius 1 is 1.31 bits per heavy atom. The third-order valence-electron chi connectivity index (χ3n) is 4.31. The molecule has 26 heavy (non-hydrogen) atoms. The number of carbonyl (C=O) groups is 1. The fourth-order valence-electron chi connectivity index (χ4n) is 3.07. The molecule has 8 heteroatoms. The van der Waals surface area contributed by atoms with Gasteiger partial charge in [-0.1, -0.05) is 6.07 Å². The number of hydrazone groups is 1. The highest BCUT2D eigenvalue weighted by molar-refractivity contribution is 5.96. The van der Waals surface area contributed by atoms with Crippen molar-refractivity contribution < 1.29 is 14.1 Å². The van der Waals surface area contributed by atoms with E-state index >= 15 is 0 Å². The highest BCUT2D eigenvalue weighted by atomic mass is 16.6. The molecule has 1 saturated heterocycles. The third-order valence-corrected chi connectivity index (χ3v) is 4.31. The molecule has 0 bridgehead atoms. The maximum Gasteiger partial charge on any atom is 0.293 e. The van der Waals surface area contributed by atoms with Gasteiger partial charge in [-0.25, -0.2) is 5.43 Å². The zero-order valence-corrected chi connectivity index (χ0v) is 14.7. The van der Waals surface area contributed by atoms with Gasteiger partial charge in [-0.15, -0.1) is 0 Å². The van der Waals surface area contributed by atoms with Gasteiger partial charge in [0.2, 0.25) is 0 Å². The minimum absolute atomic E-state index is 0.0449. The number of hydrogen-bond donors (Lipinski definition) is 1. The van der Waals surface area contributed by atoms with E-state index in [0.29, 0.717) is 28.3 Å². The van der Waals surface area contributed by atoms with Gasteiger partial charge in [-0.3, -0.25) is 14.9 Å². The molecular weight excluding hydrogens is 336 g/mol. The Morgan fingerprint density at radius 2 is 2.04 bits per heavy atom. The SMILES string of the molecule is Cc1cc(C(=O)N/N=C\c2ccc(N3CCCC3)c([N+](=O)[O-])c2)c(C)o1. The molecule has 1 amide bonds. The number of nitro benzene ring substituents is 1. The van der Waals surface area contributed by atoms with E-state index in [-0.39, 0.29) is 10.6 Å². The van der Waals surface area contributed by atoms with Crippen molar-refractivity contribution in [3.63, 3.8) is 0 Å². The standard InChI is InChI=1S/C18H20N4O4/c1-12-9-15(13(2)26-12)18(23)20-19-11-14-5-6-16(17(10-14)22(24)25)21-7-3-4-8-21/h5-6,9-11H,3-4,7-8H2,1-2H3,(H,20,23)/b19-11-. The lowest BCUT2D eigenvalue weighted by Gasteiger charge is -2.17. The van der Waals surface area contributed by atoms with Crippen molar-refractivity contribution in [2.75, 3.05) is 18.0 Å². The number of carbonyl (C=O) groups excluding carboxylic acids is 1. The molecule has 1 N–H and O–H groups in total. The quantitative estimate of drug-likeness (QED) is 0.504. The lowest BCUT2D eigenvalue weighted by atomic mass is 10.1. The van der Waals surface area contributed by atoms with Crippen LogP contribution in [0.3, 0.4) is 0 Å². The van der Waals surface area contributed by atoms with Gasteiger partial charge in [0.15, 0.2) is 0 Å². The monoisotopic (exact) mass is 356 g/mol. The van der Waals surface area contributed by atoms with Crippen LogP contribution in [0.1, 0.15) is 40.3 Å². The van der Waals surface area contributed by atoms with Crippen LogP contribution in [-0.2, 0) is 0 Å². The molecule has 0 saturated carbocycles. The number of benzene rings is 1. The van der Waals surface area contributed by atoms with E-state index in [1.807, 2.05) is 4.90 Å². The van der Waals surface area contributed by atoms with Crippen LogP contribution >= 0.6 is 0 Å². The normalized spacial score (nSPS) is 14.2. The first kappa shape index (κ1) is 17.7. The summed E-state index contributed by atoms with van der Waals surface area (Å²) >= 11 is 0. The molecule has 2 aromatic rings.